The smallest absolute Gasteiger partial charge is 0.318 e. The largest absolute Gasteiger partial charge is 0.331 e. The minimum Gasteiger partial charge on any atom is -0.318 e. The maximum absolute atomic E-state index is 13.0. The fourth-order valence-electron chi connectivity index (χ4n) is 3.69. The van der Waals surface area contributed by atoms with Crippen LogP contribution in [0.15, 0.2) is 58.8 Å². The molecule has 0 unspecified atom stereocenters. The van der Waals surface area contributed by atoms with Gasteiger partial charge in [0.15, 0.2) is 0 Å². The van der Waals surface area contributed by atoms with E-state index < -0.39 is 11.9 Å². The molecule has 0 heterocycles. The highest BCUT2D eigenvalue weighted by molar-refractivity contribution is 6.46. The molecule has 2 rings (SSSR count). The Morgan fingerprint density at radius 2 is 0.921 bits per heavy atom. The van der Waals surface area contributed by atoms with E-state index in [0.717, 1.165) is 49.7 Å². The molecule has 2 aromatic carbocycles. The molecule has 0 amide bonds. The summed E-state index contributed by atoms with van der Waals surface area (Å²) in [6.45, 7) is 6.61. The zero-order chi connectivity index (χ0) is 27.9. The Morgan fingerprint density at radius 3 is 1.21 bits per heavy atom. The number of nitrogens with zero attached hydrogens (tertiary/aromatic N) is 2. The fraction of sp³-hybridized carbons (Fsp3) is 0.400. The molecule has 2 aromatic rings. The number of hydrogen-bond acceptors (Lipinski definition) is 8. The molecular weight excluding hydrogens is 484 g/mol. The van der Waals surface area contributed by atoms with Gasteiger partial charge in [0.2, 0.25) is 11.6 Å². The van der Waals surface area contributed by atoms with E-state index in [1.807, 2.05) is 24.3 Å². The van der Waals surface area contributed by atoms with Gasteiger partial charge in [-0.15, -0.1) is 0 Å². The lowest BCUT2D eigenvalue weighted by Crippen LogP contribution is -2.16. The van der Waals surface area contributed by atoms with E-state index in [-0.39, 0.29) is 23.0 Å². The van der Waals surface area contributed by atoms with E-state index in [9.17, 15) is 19.2 Å². The van der Waals surface area contributed by atoms with Crippen molar-refractivity contribution in [3.8, 4) is 11.1 Å². The zero-order valence-electron chi connectivity index (χ0n) is 22.6. The average Bonchev–Trinajstić information content (AvgIpc) is 2.92. The molecule has 0 fully saturated rings. The summed E-state index contributed by atoms with van der Waals surface area (Å²) in [7, 11) is 0. The first kappa shape index (κ1) is 30.3. The normalized spacial score (nSPS) is 11.7. The van der Waals surface area contributed by atoms with Gasteiger partial charge in [0.25, 0.3) is 0 Å². The van der Waals surface area contributed by atoms with Crippen LogP contribution in [-0.2, 0) is 19.3 Å². The summed E-state index contributed by atoms with van der Waals surface area (Å²) in [4.78, 5) is 57.8. The number of rotatable bonds is 15. The van der Waals surface area contributed by atoms with Crippen molar-refractivity contribution in [3.05, 3.63) is 59.7 Å². The number of hydrogen-bond donors (Lipinski definition) is 0. The Labute approximate surface area is 224 Å². The summed E-state index contributed by atoms with van der Waals surface area (Å²) < 4.78 is 0. The van der Waals surface area contributed by atoms with Crippen LogP contribution in [0.3, 0.4) is 0 Å². The molecule has 8 heteroatoms. The predicted molar refractivity (Wildman–Crippen MR) is 147 cm³/mol. The van der Waals surface area contributed by atoms with Crippen molar-refractivity contribution in [1.82, 2.24) is 0 Å². The molecule has 0 aliphatic carbocycles. The highest BCUT2D eigenvalue weighted by Gasteiger charge is 2.17. The SMILES string of the molecule is CCCCCC(=NOC(C)=O)C(=O)c1ccc(-c2ccc(C(=O)C(CCCCC)=NOC(C)=O)cc2)cc1. The Hall–Kier alpha value is -3.94. The van der Waals surface area contributed by atoms with Crippen molar-refractivity contribution < 1.29 is 28.9 Å². The molecule has 0 bridgehead atoms. The Balaban J connectivity index is 2.18. The van der Waals surface area contributed by atoms with Crippen LogP contribution in [0.25, 0.3) is 11.1 Å². The average molecular weight is 521 g/mol. The lowest BCUT2D eigenvalue weighted by Gasteiger charge is -2.08. The van der Waals surface area contributed by atoms with Crippen molar-refractivity contribution in [2.75, 3.05) is 0 Å². The molecule has 0 aliphatic heterocycles. The summed E-state index contributed by atoms with van der Waals surface area (Å²) in [6, 6.07) is 14.1. The van der Waals surface area contributed by atoms with Gasteiger partial charge in [-0.25, -0.2) is 9.59 Å². The lowest BCUT2D eigenvalue weighted by molar-refractivity contribution is -0.141. The molecule has 0 aliphatic rings. The second-order valence-corrected chi connectivity index (χ2v) is 8.97. The van der Waals surface area contributed by atoms with Gasteiger partial charge in [-0.05, 0) is 36.8 Å². The van der Waals surface area contributed by atoms with Crippen LogP contribution in [0, 0.1) is 0 Å². The summed E-state index contributed by atoms with van der Waals surface area (Å²) >= 11 is 0. The van der Waals surface area contributed by atoms with Gasteiger partial charge in [0.05, 0.1) is 0 Å². The quantitative estimate of drug-likeness (QED) is 0.0847. The third-order valence-corrected chi connectivity index (χ3v) is 5.75. The molecule has 0 aromatic heterocycles. The molecule has 0 saturated carbocycles. The first-order chi connectivity index (χ1) is 18.3. The molecule has 0 N–H and O–H groups in total. The maximum atomic E-state index is 13.0. The number of ketones is 2. The molecule has 202 valence electrons. The zero-order valence-corrected chi connectivity index (χ0v) is 22.6. The highest BCUT2D eigenvalue weighted by Crippen LogP contribution is 2.22. The first-order valence-corrected chi connectivity index (χ1v) is 13.1. The molecule has 0 atom stereocenters. The molecule has 38 heavy (non-hydrogen) atoms. The van der Waals surface area contributed by atoms with E-state index in [2.05, 4.69) is 24.2 Å². The number of carbonyl (C=O) groups excluding carboxylic acids is 4. The lowest BCUT2D eigenvalue weighted by atomic mass is 9.97. The van der Waals surface area contributed by atoms with E-state index in [0.29, 0.717) is 24.0 Å². The number of oxime groups is 2. The van der Waals surface area contributed by atoms with Crippen LogP contribution >= 0.6 is 0 Å². The summed E-state index contributed by atoms with van der Waals surface area (Å²) in [5.41, 5.74) is 3.05. The van der Waals surface area contributed by atoms with E-state index in [4.69, 9.17) is 9.68 Å². The minimum atomic E-state index is -0.575. The minimum absolute atomic E-state index is 0.217. The fourth-order valence-corrected chi connectivity index (χ4v) is 3.69. The Kier molecular flexibility index (Phi) is 12.8. The van der Waals surface area contributed by atoms with Crippen molar-refractivity contribution >= 4 is 34.9 Å². The van der Waals surface area contributed by atoms with Gasteiger partial charge >= 0.3 is 11.9 Å². The monoisotopic (exact) mass is 520 g/mol. The van der Waals surface area contributed by atoms with Gasteiger partial charge in [-0.1, -0.05) is 98.4 Å². The van der Waals surface area contributed by atoms with E-state index in [1.54, 1.807) is 24.3 Å². The van der Waals surface area contributed by atoms with Crippen LogP contribution in [0.2, 0.25) is 0 Å². The van der Waals surface area contributed by atoms with Crippen LogP contribution in [0.4, 0.5) is 0 Å². The van der Waals surface area contributed by atoms with Gasteiger partial charge in [-0.2, -0.15) is 0 Å². The summed E-state index contributed by atoms with van der Waals surface area (Å²) in [5.74, 6) is -1.71. The standard InChI is InChI=1S/C30H36N2O6/c1-5-7-9-11-27(31-37-21(3)33)29(35)25-17-13-23(14-18-25)24-15-19-26(20-16-24)30(36)28(12-10-8-6-2)32-38-22(4)34/h13-20H,5-12H2,1-4H3. The van der Waals surface area contributed by atoms with Gasteiger partial charge < -0.3 is 9.68 Å². The van der Waals surface area contributed by atoms with Crippen LogP contribution in [0.1, 0.15) is 99.8 Å². The number of unbranched alkanes of at least 4 members (excludes halogenated alkanes) is 4. The first-order valence-electron chi connectivity index (χ1n) is 13.1. The molecule has 8 nitrogen and oxygen atoms in total. The molecule has 0 radical (unpaired) electrons. The van der Waals surface area contributed by atoms with Crippen LogP contribution in [-0.4, -0.2) is 34.9 Å². The van der Waals surface area contributed by atoms with Crippen molar-refractivity contribution in [1.29, 1.82) is 0 Å². The molecule has 0 saturated heterocycles. The van der Waals surface area contributed by atoms with Crippen LogP contribution < -0.4 is 0 Å². The van der Waals surface area contributed by atoms with Gasteiger partial charge in [-0.3, -0.25) is 9.59 Å². The van der Waals surface area contributed by atoms with Gasteiger partial charge in [0.1, 0.15) is 11.4 Å². The third-order valence-electron chi connectivity index (χ3n) is 5.75. The topological polar surface area (TPSA) is 111 Å². The van der Waals surface area contributed by atoms with Crippen molar-refractivity contribution in [2.24, 2.45) is 10.3 Å². The van der Waals surface area contributed by atoms with Crippen LogP contribution in [0.5, 0.6) is 0 Å². The van der Waals surface area contributed by atoms with Crippen molar-refractivity contribution in [2.45, 2.75) is 79.1 Å². The number of Topliss-reactive ketones (excluding diaryl/α,β-unsaturated/α-hetero) is 2. The maximum Gasteiger partial charge on any atom is 0.331 e. The Bertz CT molecular complexity index is 1070. The molecular formula is C30H36N2O6. The highest BCUT2D eigenvalue weighted by atomic mass is 16.7. The van der Waals surface area contributed by atoms with Gasteiger partial charge in [0, 0.05) is 25.0 Å². The Morgan fingerprint density at radius 1 is 0.579 bits per heavy atom. The van der Waals surface area contributed by atoms with E-state index in [1.165, 1.54) is 13.8 Å². The second-order valence-electron chi connectivity index (χ2n) is 8.97. The predicted octanol–water partition coefficient (Wildman–Crippen LogP) is 6.72. The third kappa shape index (κ3) is 9.84. The van der Waals surface area contributed by atoms with Crippen molar-refractivity contribution in [3.63, 3.8) is 0 Å². The van der Waals surface area contributed by atoms with E-state index >= 15 is 0 Å². The number of carbonyl (C=O) groups is 4. The molecule has 0 spiro atoms. The second kappa shape index (κ2) is 16.0. The summed E-state index contributed by atoms with van der Waals surface area (Å²) in [6.07, 6.45) is 6.28. The number of benzene rings is 2. The summed E-state index contributed by atoms with van der Waals surface area (Å²) in [5, 5.41) is 7.57.